The van der Waals surface area contributed by atoms with Gasteiger partial charge in [0.1, 0.15) is 0 Å². The van der Waals surface area contributed by atoms with Gasteiger partial charge in [-0.2, -0.15) is 24.9 Å². The highest BCUT2D eigenvalue weighted by atomic mass is 32.2. The van der Waals surface area contributed by atoms with Crippen molar-refractivity contribution < 1.29 is 17.9 Å². The number of anilines is 1. The monoisotopic (exact) mass is 291 g/mol. The van der Waals surface area contributed by atoms with Crippen LogP contribution in [-0.2, 0) is 16.7 Å². The molecule has 1 saturated heterocycles. The average molecular weight is 291 g/mol. The van der Waals surface area contributed by atoms with Crippen molar-refractivity contribution in [2.75, 3.05) is 18.9 Å². The third-order valence-corrected chi connectivity index (χ3v) is 4.50. The smallest absolute Gasteiger partial charge is 0.399 e. The first-order valence-corrected chi connectivity index (χ1v) is 7.16. The Kier molecular flexibility index (Phi) is 4.62. The van der Waals surface area contributed by atoms with Crippen molar-refractivity contribution in [1.29, 1.82) is 0 Å². The van der Waals surface area contributed by atoms with Gasteiger partial charge in [0.2, 0.25) is 0 Å². The summed E-state index contributed by atoms with van der Waals surface area (Å²) in [6, 6.07) is 4.01. The Balaban J connectivity index is 2.06. The second-order valence-electron chi connectivity index (χ2n) is 4.54. The molecule has 19 heavy (non-hydrogen) atoms. The largest absolute Gasteiger partial charge is 0.416 e. The first-order valence-electron chi connectivity index (χ1n) is 6.12. The zero-order valence-electron chi connectivity index (χ0n) is 10.4. The van der Waals surface area contributed by atoms with Crippen LogP contribution in [0.3, 0.4) is 0 Å². The minimum Gasteiger partial charge on any atom is -0.399 e. The van der Waals surface area contributed by atoms with Crippen molar-refractivity contribution >= 4 is 17.4 Å². The van der Waals surface area contributed by atoms with Gasteiger partial charge in [0.15, 0.2) is 0 Å². The summed E-state index contributed by atoms with van der Waals surface area (Å²) < 4.78 is 44.0. The lowest BCUT2D eigenvalue weighted by atomic mass is 10.1. The number of ether oxygens (including phenoxy) is 1. The molecule has 1 heterocycles. The van der Waals surface area contributed by atoms with Crippen molar-refractivity contribution in [3.05, 3.63) is 29.3 Å². The van der Waals surface area contributed by atoms with E-state index in [-0.39, 0.29) is 5.69 Å². The van der Waals surface area contributed by atoms with E-state index >= 15 is 0 Å². The molecule has 106 valence electrons. The maximum Gasteiger partial charge on any atom is 0.416 e. The third kappa shape index (κ3) is 4.04. The van der Waals surface area contributed by atoms with Gasteiger partial charge in [-0.3, -0.25) is 0 Å². The summed E-state index contributed by atoms with van der Waals surface area (Å²) in [5.74, 6) is 0.361. The van der Waals surface area contributed by atoms with E-state index in [1.54, 1.807) is 11.8 Å². The van der Waals surface area contributed by atoms with Crippen LogP contribution in [0.1, 0.15) is 24.0 Å². The molecule has 1 fully saturated rings. The Morgan fingerprint density at radius 1 is 1.26 bits per heavy atom. The van der Waals surface area contributed by atoms with Gasteiger partial charge in [0.25, 0.3) is 0 Å². The number of benzene rings is 1. The summed E-state index contributed by atoms with van der Waals surface area (Å²) in [5.41, 5.74) is 5.27. The number of thioether (sulfide) groups is 1. The molecule has 0 aromatic heterocycles. The second-order valence-corrected chi connectivity index (χ2v) is 5.83. The highest BCUT2D eigenvalue weighted by Gasteiger charge is 2.33. The molecule has 0 spiro atoms. The van der Waals surface area contributed by atoms with E-state index in [1.165, 1.54) is 12.1 Å². The maximum atomic E-state index is 12.9. The number of halogens is 3. The van der Waals surface area contributed by atoms with Crippen LogP contribution in [0.2, 0.25) is 0 Å². The van der Waals surface area contributed by atoms with E-state index in [4.69, 9.17) is 10.5 Å². The minimum absolute atomic E-state index is 0.146. The molecular formula is C13H16F3NOS. The second kappa shape index (κ2) is 6.05. The molecule has 1 aromatic rings. The molecule has 1 aliphatic heterocycles. The summed E-state index contributed by atoms with van der Waals surface area (Å²) >= 11 is 1.57. The summed E-state index contributed by atoms with van der Waals surface area (Å²) in [4.78, 5) is 0. The molecule has 2 rings (SSSR count). The van der Waals surface area contributed by atoms with Crippen LogP contribution in [0.5, 0.6) is 0 Å². The lowest BCUT2D eigenvalue weighted by Gasteiger charge is -2.22. The number of hydrogen-bond donors (Lipinski definition) is 1. The van der Waals surface area contributed by atoms with E-state index < -0.39 is 11.7 Å². The van der Waals surface area contributed by atoms with Crippen LogP contribution in [-0.4, -0.2) is 18.5 Å². The first kappa shape index (κ1) is 14.5. The summed E-state index contributed by atoms with van der Waals surface area (Å²) in [7, 11) is 0. The van der Waals surface area contributed by atoms with Gasteiger partial charge in [-0.15, -0.1) is 0 Å². The standard InChI is InChI=1S/C13H16F3NOS/c14-13(15,16)12-7-10(17)2-1-9(12)8-19-11-3-5-18-6-4-11/h1-2,7,11H,3-6,8,17H2. The van der Waals surface area contributed by atoms with Crippen LogP contribution in [0.4, 0.5) is 18.9 Å². The van der Waals surface area contributed by atoms with Crippen LogP contribution in [0.25, 0.3) is 0 Å². The molecule has 0 atom stereocenters. The Morgan fingerprint density at radius 2 is 1.95 bits per heavy atom. The van der Waals surface area contributed by atoms with Crippen LogP contribution in [0.15, 0.2) is 18.2 Å². The molecule has 0 unspecified atom stereocenters. The van der Waals surface area contributed by atoms with E-state index in [1.807, 2.05) is 0 Å². The van der Waals surface area contributed by atoms with Crippen LogP contribution >= 0.6 is 11.8 Å². The fourth-order valence-electron chi connectivity index (χ4n) is 2.03. The van der Waals surface area contributed by atoms with Gasteiger partial charge in [0, 0.05) is 29.9 Å². The lowest BCUT2D eigenvalue weighted by molar-refractivity contribution is -0.138. The predicted molar refractivity (Wildman–Crippen MR) is 71.0 cm³/mol. The van der Waals surface area contributed by atoms with E-state index in [0.29, 0.717) is 29.8 Å². The van der Waals surface area contributed by atoms with Gasteiger partial charge in [-0.25, -0.2) is 0 Å². The Bertz CT molecular complexity index is 430. The van der Waals surface area contributed by atoms with E-state index in [9.17, 15) is 13.2 Å². The number of hydrogen-bond acceptors (Lipinski definition) is 3. The van der Waals surface area contributed by atoms with Gasteiger partial charge < -0.3 is 10.5 Å². The van der Waals surface area contributed by atoms with Crippen molar-refractivity contribution in [3.8, 4) is 0 Å². The zero-order valence-corrected chi connectivity index (χ0v) is 11.2. The van der Waals surface area contributed by atoms with Gasteiger partial charge >= 0.3 is 6.18 Å². The highest BCUT2D eigenvalue weighted by Crippen LogP contribution is 2.36. The fraction of sp³-hybridized carbons (Fsp3) is 0.538. The quantitative estimate of drug-likeness (QED) is 0.862. The lowest BCUT2D eigenvalue weighted by Crippen LogP contribution is -2.18. The number of alkyl halides is 3. The predicted octanol–water partition coefficient (Wildman–Crippen LogP) is 3.70. The minimum atomic E-state index is -4.35. The molecule has 0 aliphatic carbocycles. The molecule has 0 saturated carbocycles. The molecule has 2 N–H and O–H groups in total. The normalized spacial score (nSPS) is 17.6. The van der Waals surface area contributed by atoms with Crippen molar-refractivity contribution in [3.63, 3.8) is 0 Å². The fourth-order valence-corrected chi connectivity index (χ4v) is 3.23. The third-order valence-electron chi connectivity index (χ3n) is 3.08. The van der Waals surface area contributed by atoms with Gasteiger partial charge in [-0.1, -0.05) is 6.07 Å². The van der Waals surface area contributed by atoms with Crippen molar-refractivity contribution in [2.24, 2.45) is 0 Å². The number of nitrogen functional groups attached to an aromatic ring is 1. The molecule has 2 nitrogen and oxygen atoms in total. The molecule has 0 bridgehead atoms. The number of nitrogens with two attached hydrogens (primary N) is 1. The SMILES string of the molecule is Nc1ccc(CSC2CCOCC2)c(C(F)(F)F)c1. The van der Waals surface area contributed by atoms with E-state index in [2.05, 4.69) is 0 Å². The molecular weight excluding hydrogens is 275 g/mol. The van der Waals surface area contributed by atoms with Gasteiger partial charge in [-0.05, 0) is 30.5 Å². The Morgan fingerprint density at radius 3 is 2.58 bits per heavy atom. The molecule has 1 aromatic carbocycles. The average Bonchev–Trinajstić information content (AvgIpc) is 2.37. The molecule has 1 aliphatic rings. The van der Waals surface area contributed by atoms with Gasteiger partial charge in [0.05, 0.1) is 5.56 Å². The maximum absolute atomic E-state index is 12.9. The summed E-state index contributed by atoms with van der Waals surface area (Å²) in [6.07, 6.45) is -2.54. The molecule has 0 amide bonds. The van der Waals surface area contributed by atoms with Crippen molar-refractivity contribution in [2.45, 2.75) is 30.0 Å². The van der Waals surface area contributed by atoms with Crippen molar-refractivity contribution in [1.82, 2.24) is 0 Å². The summed E-state index contributed by atoms with van der Waals surface area (Å²) in [6.45, 7) is 1.40. The zero-order chi connectivity index (χ0) is 13.9. The van der Waals surface area contributed by atoms with Crippen LogP contribution < -0.4 is 5.73 Å². The topological polar surface area (TPSA) is 35.2 Å². The molecule has 0 radical (unpaired) electrons. The first-order chi connectivity index (χ1) is 8.97. The highest BCUT2D eigenvalue weighted by molar-refractivity contribution is 7.99. The number of rotatable bonds is 3. The van der Waals surface area contributed by atoms with Crippen LogP contribution in [0, 0.1) is 0 Å². The summed E-state index contributed by atoms with van der Waals surface area (Å²) in [5, 5.41) is 0.382. The van der Waals surface area contributed by atoms with E-state index in [0.717, 1.165) is 18.9 Å². The Labute approximate surface area is 114 Å². The molecule has 6 heteroatoms. The Hall–Kier alpha value is -0.880.